The molecule has 0 unspecified atom stereocenters. The van der Waals surface area contributed by atoms with E-state index in [9.17, 15) is 15.0 Å². The number of allylic oxidation sites excluding steroid dienone is 9. The number of aliphatic hydroxyl groups excluding tert-OH is 2. The van der Waals surface area contributed by atoms with Gasteiger partial charge in [0.1, 0.15) is 0 Å². The smallest absolute Gasteiger partial charge is 0.303 e. The molecule has 0 aliphatic rings. The fourth-order valence-electron chi connectivity index (χ4n) is 1.83. The van der Waals surface area contributed by atoms with Crippen LogP contribution in [0.25, 0.3) is 0 Å². The molecule has 0 aromatic rings. The summed E-state index contributed by atoms with van der Waals surface area (Å²) in [6, 6.07) is 0. The van der Waals surface area contributed by atoms with E-state index in [0.29, 0.717) is 19.3 Å². The third-order valence-electron chi connectivity index (χ3n) is 3.36. The van der Waals surface area contributed by atoms with Gasteiger partial charge < -0.3 is 15.3 Å². The van der Waals surface area contributed by atoms with Crippen LogP contribution in [0.15, 0.2) is 72.9 Å². The van der Waals surface area contributed by atoms with Crippen LogP contribution in [0, 0.1) is 0 Å². The second kappa shape index (κ2) is 17.6. The molecule has 0 saturated carbocycles. The molecule has 2 atom stereocenters. The Hall–Kier alpha value is -2.17. The minimum absolute atomic E-state index is 0.175. The lowest BCUT2D eigenvalue weighted by Gasteiger charge is -1.98. The van der Waals surface area contributed by atoms with E-state index < -0.39 is 18.2 Å². The predicted molar refractivity (Wildman–Crippen MR) is 108 cm³/mol. The standard InChI is InChI=1S/C22H32O4/c1-2-20(23)16-12-10-11-14-18-21(24)17-13-8-6-4-3-5-7-9-15-19-22(25)26/h3-4,7-14,16,18,20-21,23-24H,2,5-6,15,17,19H2,1H3,(H,25,26)/b4-3-,9-7-,11-10-,13-8-,16-12+,18-14+/t20-,21+/m1/s1. The second-order valence-corrected chi connectivity index (χ2v) is 5.75. The molecule has 0 radical (unpaired) electrons. The summed E-state index contributed by atoms with van der Waals surface area (Å²) in [6.07, 6.45) is 25.2. The first-order valence-corrected chi connectivity index (χ1v) is 9.10. The van der Waals surface area contributed by atoms with Gasteiger partial charge in [0.15, 0.2) is 0 Å². The predicted octanol–water partition coefficient (Wildman–Crippen LogP) is 4.49. The third-order valence-corrected chi connectivity index (χ3v) is 3.36. The number of carboxylic acids is 1. The van der Waals surface area contributed by atoms with Crippen molar-refractivity contribution in [3.05, 3.63) is 72.9 Å². The maximum Gasteiger partial charge on any atom is 0.303 e. The molecule has 4 nitrogen and oxygen atoms in total. The Bertz CT molecular complexity index is 524. The maximum atomic E-state index is 10.3. The van der Waals surface area contributed by atoms with Gasteiger partial charge in [0.25, 0.3) is 0 Å². The molecule has 26 heavy (non-hydrogen) atoms. The topological polar surface area (TPSA) is 77.8 Å². The molecule has 0 aliphatic heterocycles. The molecule has 0 bridgehead atoms. The van der Waals surface area contributed by atoms with E-state index in [0.717, 1.165) is 12.8 Å². The van der Waals surface area contributed by atoms with E-state index in [1.807, 2.05) is 55.5 Å². The van der Waals surface area contributed by atoms with Crippen molar-refractivity contribution in [1.82, 2.24) is 0 Å². The Morgan fingerprint density at radius 1 is 0.808 bits per heavy atom. The minimum Gasteiger partial charge on any atom is -0.481 e. The van der Waals surface area contributed by atoms with E-state index in [4.69, 9.17) is 5.11 Å². The molecule has 0 aromatic carbocycles. The van der Waals surface area contributed by atoms with Crippen molar-refractivity contribution >= 4 is 5.97 Å². The van der Waals surface area contributed by atoms with Crippen LogP contribution >= 0.6 is 0 Å². The van der Waals surface area contributed by atoms with Crippen LogP contribution < -0.4 is 0 Å². The van der Waals surface area contributed by atoms with Crippen LogP contribution in [-0.2, 0) is 4.79 Å². The molecule has 144 valence electrons. The minimum atomic E-state index is -0.771. The van der Waals surface area contributed by atoms with Gasteiger partial charge in [-0.05, 0) is 32.1 Å². The lowest BCUT2D eigenvalue weighted by molar-refractivity contribution is -0.136. The third kappa shape index (κ3) is 18.2. The van der Waals surface area contributed by atoms with E-state index in [1.54, 1.807) is 24.3 Å². The van der Waals surface area contributed by atoms with Crippen LogP contribution in [0.4, 0.5) is 0 Å². The Kier molecular flexibility index (Phi) is 16.2. The summed E-state index contributed by atoms with van der Waals surface area (Å²) in [6.45, 7) is 1.92. The number of aliphatic carboxylic acids is 1. The summed E-state index contributed by atoms with van der Waals surface area (Å²) in [5.74, 6) is -0.771. The van der Waals surface area contributed by atoms with Crippen molar-refractivity contribution in [2.24, 2.45) is 0 Å². The summed E-state index contributed by atoms with van der Waals surface area (Å²) < 4.78 is 0. The Morgan fingerprint density at radius 3 is 1.92 bits per heavy atom. The van der Waals surface area contributed by atoms with E-state index in [1.165, 1.54) is 0 Å². The van der Waals surface area contributed by atoms with Crippen molar-refractivity contribution < 1.29 is 20.1 Å². The number of carbonyl (C=O) groups is 1. The molecule has 0 saturated heterocycles. The van der Waals surface area contributed by atoms with Crippen LogP contribution in [-0.4, -0.2) is 33.5 Å². The van der Waals surface area contributed by atoms with Gasteiger partial charge >= 0.3 is 5.97 Å². The highest BCUT2D eigenvalue weighted by Gasteiger charge is 1.93. The normalized spacial score (nSPS) is 15.5. The lowest BCUT2D eigenvalue weighted by atomic mass is 10.2. The largest absolute Gasteiger partial charge is 0.481 e. The number of carboxylic acid groups (broad SMARTS) is 1. The maximum absolute atomic E-state index is 10.3. The highest BCUT2D eigenvalue weighted by Crippen LogP contribution is 1.99. The summed E-state index contributed by atoms with van der Waals surface area (Å²) in [5, 5.41) is 27.6. The first kappa shape index (κ1) is 23.8. The Labute approximate surface area is 157 Å². The summed E-state index contributed by atoms with van der Waals surface area (Å²) in [4.78, 5) is 10.3. The van der Waals surface area contributed by atoms with Gasteiger partial charge in [-0.2, -0.15) is 0 Å². The zero-order chi connectivity index (χ0) is 19.5. The van der Waals surface area contributed by atoms with Gasteiger partial charge in [-0.1, -0.05) is 79.8 Å². The molecular formula is C22H32O4. The molecular weight excluding hydrogens is 328 g/mol. The average Bonchev–Trinajstić information content (AvgIpc) is 2.61. The molecule has 4 heteroatoms. The van der Waals surface area contributed by atoms with Gasteiger partial charge in [-0.25, -0.2) is 0 Å². The summed E-state index contributed by atoms with van der Waals surface area (Å²) in [7, 11) is 0. The first-order chi connectivity index (χ1) is 12.6. The summed E-state index contributed by atoms with van der Waals surface area (Å²) >= 11 is 0. The van der Waals surface area contributed by atoms with E-state index in [-0.39, 0.29) is 6.42 Å². The molecule has 0 aliphatic carbocycles. The van der Waals surface area contributed by atoms with Crippen LogP contribution in [0.1, 0.15) is 45.4 Å². The van der Waals surface area contributed by atoms with Crippen molar-refractivity contribution in [3.8, 4) is 0 Å². The molecule has 0 aromatic heterocycles. The van der Waals surface area contributed by atoms with Crippen molar-refractivity contribution in [2.45, 2.75) is 57.7 Å². The quantitative estimate of drug-likeness (QED) is 0.315. The second-order valence-electron chi connectivity index (χ2n) is 5.75. The van der Waals surface area contributed by atoms with Crippen LogP contribution in [0.3, 0.4) is 0 Å². The van der Waals surface area contributed by atoms with Gasteiger partial charge in [-0.15, -0.1) is 0 Å². The van der Waals surface area contributed by atoms with Gasteiger partial charge in [0.05, 0.1) is 12.2 Å². The van der Waals surface area contributed by atoms with Crippen LogP contribution in [0.2, 0.25) is 0 Å². The van der Waals surface area contributed by atoms with Gasteiger partial charge in [0, 0.05) is 6.42 Å². The van der Waals surface area contributed by atoms with Gasteiger partial charge in [-0.3, -0.25) is 4.79 Å². The number of hydrogen-bond donors (Lipinski definition) is 3. The van der Waals surface area contributed by atoms with Crippen molar-refractivity contribution in [2.75, 3.05) is 0 Å². The highest BCUT2D eigenvalue weighted by atomic mass is 16.4. The zero-order valence-electron chi connectivity index (χ0n) is 15.6. The monoisotopic (exact) mass is 360 g/mol. The SMILES string of the molecule is CC[C@@H](O)/C=C/C=C\C=C\[C@@H](O)C/C=C\C/C=C\C/C=C\CCC(=O)O. The fourth-order valence-corrected chi connectivity index (χ4v) is 1.83. The van der Waals surface area contributed by atoms with Crippen LogP contribution in [0.5, 0.6) is 0 Å². The first-order valence-electron chi connectivity index (χ1n) is 9.10. The molecule has 3 N–H and O–H groups in total. The number of rotatable bonds is 14. The van der Waals surface area contributed by atoms with Crippen molar-refractivity contribution in [1.29, 1.82) is 0 Å². The molecule has 0 rings (SSSR count). The zero-order valence-corrected chi connectivity index (χ0v) is 15.6. The molecule has 0 spiro atoms. The van der Waals surface area contributed by atoms with E-state index >= 15 is 0 Å². The fraction of sp³-hybridized carbons (Fsp3) is 0.409. The molecule has 0 fully saturated rings. The molecule has 0 heterocycles. The van der Waals surface area contributed by atoms with Gasteiger partial charge in [0.2, 0.25) is 0 Å². The highest BCUT2D eigenvalue weighted by molar-refractivity contribution is 5.66. The Balaban J connectivity index is 3.78. The lowest BCUT2D eigenvalue weighted by Crippen LogP contribution is -1.98. The Morgan fingerprint density at radius 2 is 1.35 bits per heavy atom. The molecule has 0 amide bonds. The van der Waals surface area contributed by atoms with Crippen molar-refractivity contribution in [3.63, 3.8) is 0 Å². The average molecular weight is 360 g/mol. The van der Waals surface area contributed by atoms with E-state index in [2.05, 4.69) is 0 Å². The summed E-state index contributed by atoms with van der Waals surface area (Å²) in [5.41, 5.74) is 0. The number of aliphatic hydroxyl groups is 2. The number of hydrogen-bond acceptors (Lipinski definition) is 3.